The van der Waals surface area contributed by atoms with Gasteiger partial charge in [0.15, 0.2) is 0 Å². The van der Waals surface area contributed by atoms with Crippen LogP contribution in [0.25, 0.3) is 0 Å². The van der Waals surface area contributed by atoms with Gasteiger partial charge in [0, 0.05) is 4.47 Å². The number of hydrogen-bond donors (Lipinski definition) is 1. The summed E-state index contributed by atoms with van der Waals surface area (Å²) in [6.07, 6.45) is 2.99. The zero-order valence-corrected chi connectivity index (χ0v) is 9.52. The van der Waals surface area contributed by atoms with Gasteiger partial charge in [-0.1, -0.05) is 15.9 Å². The maximum Gasteiger partial charge on any atom is 0.336 e. The average molecular weight is 255 g/mol. The molecule has 0 aliphatic heterocycles. The Labute approximate surface area is 91.1 Å². The minimum Gasteiger partial charge on any atom is -0.478 e. The molecule has 0 saturated heterocycles. The van der Waals surface area contributed by atoms with E-state index >= 15 is 0 Å². The molecule has 1 aliphatic rings. The summed E-state index contributed by atoms with van der Waals surface area (Å²) in [7, 11) is 0. The molecular formula is C11H11BrO2. The minimum absolute atomic E-state index is 0.506. The highest BCUT2D eigenvalue weighted by molar-refractivity contribution is 9.10. The molecule has 0 aromatic heterocycles. The normalized spacial score (nSPS) is 14.1. The van der Waals surface area contributed by atoms with E-state index in [2.05, 4.69) is 22.0 Å². The molecule has 0 saturated carbocycles. The third-order valence-electron chi connectivity index (χ3n) is 2.81. The van der Waals surface area contributed by atoms with Crippen LogP contribution in [-0.2, 0) is 12.8 Å². The van der Waals surface area contributed by atoms with Gasteiger partial charge in [0.25, 0.3) is 0 Å². The van der Waals surface area contributed by atoms with Crippen molar-refractivity contribution < 1.29 is 9.90 Å². The third-order valence-corrected chi connectivity index (χ3v) is 3.63. The molecule has 1 N–H and O–H groups in total. The second-order valence-corrected chi connectivity index (χ2v) is 4.51. The van der Waals surface area contributed by atoms with Crippen LogP contribution in [0.5, 0.6) is 0 Å². The lowest BCUT2D eigenvalue weighted by Crippen LogP contribution is -2.05. The summed E-state index contributed by atoms with van der Waals surface area (Å²) in [4.78, 5) is 11.1. The van der Waals surface area contributed by atoms with Crippen molar-refractivity contribution in [2.24, 2.45) is 0 Å². The summed E-state index contributed by atoms with van der Waals surface area (Å²) >= 11 is 3.40. The highest BCUT2D eigenvalue weighted by atomic mass is 79.9. The topological polar surface area (TPSA) is 37.3 Å². The summed E-state index contributed by atoms with van der Waals surface area (Å²) in [6, 6.07) is 2.06. The van der Waals surface area contributed by atoms with Crippen molar-refractivity contribution in [3.05, 3.63) is 32.8 Å². The molecule has 0 radical (unpaired) electrons. The summed E-state index contributed by atoms with van der Waals surface area (Å²) in [5.41, 5.74) is 3.59. The summed E-state index contributed by atoms with van der Waals surface area (Å²) in [6.45, 7) is 1.85. The highest BCUT2D eigenvalue weighted by Crippen LogP contribution is 2.32. The number of rotatable bonds is 1. The Hall–Kier alpha value is -0.830. The van der Waals surface area contributed by atoms with Crippen LogP contribution in [0.3, 0.4) is 0 Å². The van der Waals surface area contributed by atoms with Crippen LogP contribution in [0.15, 0.2) is 10.5 Å². The number of carboxylic acid groups (broad SMARTS) is 1. The van der Waals surface area contributed by atoms with Crippen molar-refractivity contribution in [3.8, 4) is 0 Å². The Morgan fingerprint density at radius 2 is 2.21 bits per heavy atom. The fraction of sp³-hybridized carbons (Fsp3) is 0.364. The van der Waals surface area contributed by atoms with Crippen molar-refractivity contribution in [2.45, 2.75) is 26.2 Å². The first-order chi connectivity index (χ1) is 6.61. The first kappa shape index (κ1) is 9.71. The highest BCUT2D eigenvalue weighted by Gasteiger charge is 2.22. The Morgan fingerprint density at radius 1 is 1.50 bits per heavy atom. The summed E-state index contributed by atoms with van der Waals surface area (Å²) in [5.74, 6) is -0.804. The van der Waals surface area contributed by atoms with Crippen molar-refractivity contribution in [3.63, 3.8) is 0 Å². The molecule has 1 aromatic carbocycles. The molecule has 0 unspecified atom stereocenters. The number of aryl methyl sites for hydroxylation is 1. The first-order valence-electron chi connectivity index (χ1n) is 4.65. The smallest absolute Gasteiger partial charge is 0.336 e. The zero-order chi connectivity index (χ0) is 10.3. The number of hydrogen-bond acceptors (Lipinski definition) is 1. The Balaban J connectivity index is 2.72. The molecular weight excluding hydrogens is 244 g/mol. The van der Waals surface area contributed by atoms with Crippen LogP contribution < -0.4 is 0 Å². The molecule has 0 atom stereocenters. The first-order valence-corrected chi connectivity index (χ1v) is 5.44. The number of carbonyl (C=O) groups is 1. The predicted octanol–water partition coefficient (Wildman–Crippen LogP) is 2.94. The molecule has 2 nitrogen and oxygen atoms in total. The van der Waals surface area contributed by atoms with Crippen LogP contribution in [-0.4, -0.2) is 11.1 Å². The fourth-order valence-corrected chi connectivity index (χ4v) is 2.58. The Morgan fingerprint density at radius 3 is 2.86 bits per heavy atom. The van der Waals surface area contributed by atoms with E-state index in [1.54, 1.807) is 0 Å². The van der Waals surface area contributed by atoms with Gasteiger partial charge >= 0.3 is 5.97 Å². The van der Waals surface area contributed by atoms with Crippen LogP contribution in [0.1, 0.15) is 33.5 Å². The van der Waals surface area contributed by atoms with Gasteiger partial charge in [0.05, 0.1) is 5.56 Å². The second-order valence-electron chi connectivity index (χ2n) is 3.65. The van der Waals surface area contributed by atoms with Gasteiger partial charge in [0.1, 0.15) is 0 Å². The molecule has 1 aliphatic carbocycles. The second kappa shape index (κ2) is 3.39. The average Bonchev–Trinajstić information content (AvgIpc) is 2.52. The molecule has 2 rings (SSSR count). The van der Waals surface area contributed by atoms with Crippen molar-refractivity contribution in [1.82, 2.24) is 0 Å². The van der Waals surface area contributed by atoms with Crippen LogP contribution in [0.4, 0.5) is 0 Å². The van der Waals surface area contributed by atoms with Crippen molar-refractivity contribution in [1.29, 1.82) is 0 Å². The standard InChI is InChI=1S/C11H11BrO2/c1-6-9(12)5-7-3-2-4-8(7)10(6)11(13)14/h5H,2-4H2,1H3,(H,13,14). The molecule has 3 heteroatoms. The van der Waals surface area contributed by atoms with Crippen LogP contribution >= 0.6 is 15.9 Å². The molecule has 0 bridgehead atoms. The van der Waals surface area contributed by atoms with Gasteiger partial charge in [0.2, 0.25) is 0 Å². The molecule has 0 amide bonds. The van der Waals surface area contributed by atoms with Gasteiger partial charge in [-0.15, -0.1) is 0 Å². The van der Waals surface area contributed by atoms with E-state index in [4.69, 9.17) is 5.11 Å². The third kappa shape index (κ3) is 1.36. The molecule has 0 fully saturated rings. The van der Waals surface area contributed by atoms with E-state index in [1.807, 2.05) is 6.92 Å². The molecule has 1 aromatic rings. The molecule has 0 heterocycles. The van der Waals surface area contributed by atoms with Gasteiger partial charge in [-0.05, 0) is 48.9 Å². The monoisotopic (exact) mass is 254 g/mol. The number of fused-ring (bicyclic) bond motifs is 1. The van der Waals surface area contributed by atoms with E-state index in [0.29, 0.717) is 5.56 Å². The van der Waals surface area contributed by atoms with E-state index in [0.717, 1.165) is 34.9 Å². The Bertz CT molecular complexity index is 410. The molecule has 14 heavy (non-hydrogen) atoms. The summed E-state index contributed by atoms with van der Waals surface area (Å²) < 4.78 is 0.913. The predicted molar refractivity (Wildman–Crippen MR) is 57.9 cm³/mol. The maximum atomic E-state index is 11.1. The van der Waals surface area contributed by atoms with Crippen LogP contribution in [0, 0.1) is 6.92 Å². The minimum atomic E-state index is -0.804. The number of benzene rings is 1. The van der Waals surface area contributed by atoms with Gasteiger partial charge in [-0.3, -0.25) is 0 Å². The lowest BCUT2D eigenvalue weighted by molar-refractivity contribution is 0.0695. The van der Waals surface area contributed by atoms with E-state index in [1.165, 1.54) is 5.56 Å². The lowest BCUT2D eigenvalue weighted by Gasteiger charge is -2.09. The molecule has 74 valence electrons. The number of aromatic carboxylic acids is 1. The van der Waals surface area contributed by atoms with Gasteiger partial charge in [-0.25, -0.2) is 4.79 Å². The SMILES string of the molecule is Cc1c(Br)cc2c(c1C(=O)O)CCC2. The van der Waals surface area contributed by atoms with Gasteiger partial charge in [-0.2, -0.15) is 0 Å². The largest absolute Gasteiger partial charge is 0.478 e. The summed E-state index contributed by atoms with van der Waals surface area (Å²) in [5, 5.41) is 9.13. The van der Waals surface area contributed by atoms with Crippen molar-refractivity contribution in [2.75, 3.05) is 0 Å². The molecule has 0 spiro atoms. The fourth-order valence-electron chi connectivity index (χ4n) is 2.11. The van der Waals surface area contributed by atoms with E-state index in [-0.39, 0.29) is 0 Å². The van der Waals surface area contributed by atoms with Gasteiger partial charge < -0.3 is 5.11 Å². The maximum absolute atomic E-state index is 11.1. The van der Waals surface area contributed by atoms with E-state index < -0.39 is 5.97 Å². The van der Waals surface area contributed by atoms with E-state index in [9.17, 15) is 4.79 Å². The number of halogens is 1. The van der Waals surface area contributed by atoms with Crippen LogP contribution in [0.2, 0.25) is 0 Å². The lowest BCUT2D eigenvalue weighted by atomic mass is 9.98. The van der Waals surface area contributed by atoms with Crippen molar-refractivity contribution >= 4 is 21.9 Å². The number of carboxylic acids is 1. The zero-order valence-electron chi connectivity index (χ0n) is 7.93. The quantitative estimate of drug-likeness (QED) is 0.837. The Kier molecular flexibility index (Phi) is 2.35.